The summed E-state index contributed by atoms with van der Waals surface area (Å²) in [7, 11) is -3.22. The summed E-state index contributed by atoms with van der Waals surface area (Å²) in [6.07, 6.45) is 2.06. The number of aryl methyl sites for hydroxylation is 1. The zero-order valence-electron chi connectivity index (χ0n) is 16.2. The molecule has 10 heteroatoms. The molecule has 1 heterocycles. The van der Waals surface area contributed by atoms with E-state index >= 15 is 0 Å². The molecule has 1 aromatic carbocycles. The molecule has 0 radical (unpaired) electrons. The van der Waals surface area contributed by atoms with Crippen LogP contribution in [0, 0.1) is 5.82 Å². The second kappa shape index (κ2) is 11.7. The number of benzene rings is 1. The largest absolute Gasteiger partial charge is 0.357 e. The first-order valence-electron chi connectivity index (χ1n) is 8.71. The van der Waals surface area contributed by atoms with Crippen LogP contribution in [-0.4, -0.2) is 32.2 Å². The fraction of sp³-hybridized carbons (Fsp3) is 0.444. The second-order valence-electron chi connectivity index (χ2n) is 6.12. The predicted octanol–water partition coefficient (Wildman–Crippen LogP) is 3.26. The molecule has 0 aliphatic heterocycles. The highest BCUT2D eigenvalue weighted by atomic mass is 127. The average Bonchev–Trinajstić information content (AvgIpc) is 3.06. The SMILES string of the molecule is CCNC(=NCc1cc(F)ccc1CS(C)(=O)=O)NCc1csc(CC)n1.I. The topological polar surface area (TPSA) is 83.5 Å². The van der Waals surface area contributed by atoms with Gasteiger partial charge in [-0.1, -0.05) is 13.0 Å². The Hall–Kier alpha value is -1.27. The van der Waals surface area contributed by atoms with Gasteiger partial charge >= 0.3 is 0 Å². The summed E-state index contributed by atoms with van der Waals surface area (Å²) in [5.74, 6) is 0.0175. The molecule has 2 rings (SSSR count). The molecule has 6 nitrogen and oxygen atoms in total. The van der Waals surface area contributed by atoms with E-state index < -0.39 is 15.7 Å². The molecule has 2 N–H and O–H groups in total. The minimum Gasteiger partial charge on any atom is -0.357 e. The Labute approximate surface area is 187 Å². The van der Waals surface area contributed by atoms with Gasteiger partial charge in [0.05, 0.1) is 29.5 Å². The van der Waals surface area contributed by atoms with E-state index in [0.29, 0.717) is 30.2 Å². The summed E-state index contributed by atoms with van der Waals surface area (Å²) in [6, 6.07) is 4.11. The molecule has 0 amide bonds. The maximum absolute atomic E-state index is 13.6. The quantitative estimate of drug-likeness (QED) is 0.305. The minimum absolute atomic E-state index is 0. The van der Waals surface area contributed by atoms with E-state index in [-0.39, 0.29) is 36.3 Å². The molecule has 1 aromatic heterocycles. The monoisotopic (exact) mass is 540 g/mol. The number of hydrogen-bond donors (Lipinski definition) is 2. The van der Waals surface area contributed by atoms with E-state index in [9.17, 15) is 12.8 Å². The van der Waals surface area contributed by atoms with Gasteiger partial charge in [0, 0.05) is 18.2 Å². The van der Waals surface area contributed by atoms with Crippen LogP contribution in [-0.2, 0) is 35.1 Å². The molecule has 0 saturated heterocycles. The third-order valence-electron chi connectivity index (χ3n) is 3.68. The number of guanidine groups is 1. The number of sulfone groups is 1. The van der Waals surface area contributed by atoms with E-state index in [0.717, 1.165) is 23.4 Å². The number of hydrogen-bond acceptors (Lipinski definition) is 5. The fourth-order valence-electron chi connectivity index (χ4n) is 2.44. The van der Waals surface area contributed by atoms with Crippen LogP contribution in [0.25, 0.3) is 0 Å². The van der Waals surface area contributed by atoms with Crippen LogP contribution in [0.5, 0.6) is 0 Å². The van der Waals surface area contributed by atoms with Gasteiger partial charge in [0.25, 0.3) is 0 Å². The molecular weight excluding hydrogens is 514 g/mol. The second-order valence-corrected chi connectivity index (χ2v) is 9.20. The van der Waals surface area contributed by atoms with Crippen LogP contribution in [0.2, 0.25) is 0 Å². The first kappa shape index (κ1) is 24.8. The van der Waals surface area contributed by atoms with E-state index in [4.69, 9.17) is 0 Å². The van der Waals surface area contributed by atoms with Crippen molar-refractivity contribution in [1.82, 2.24) is 15.6 Å². The molecule has 0 saturated carbocycles. The first-order valence-corrected chi connectivity index (χ1v) is 11.6. The van der Waals surface area contributed by atoms with Crippen LogP contribution >= 0.6 is 35.3 Å². The van der Waals surface area contributed by atoms with Crippen molar-refractivity contribution >= 4 is 51.1 Å². The first-order chi connectivity index (χ1) is 12.8. The molecule has 0 bridgehead atoms. The maximum Gasteiger partial charge on any atom is 0.191 e. The van der Waals surface area contributed by atoms with E-state index in [1.54, 1.807) is 11.3 Å². The number of rotatable bonds is 8. The summed E-state index contributed by atoms with van der Waals surface area (Å²) in [6.45, 7) is 5.39. The van der Waals surface area contributed by atoms with Crippen LogP contribution in [0.15, 0.2) is 28.6 Å². The molecule has 0 spiro atoms. The number of nitrogens with one attached hydrogen (secondary N) is 2. The zero-order valence-corrected chi connectivity index (χ0v) is 20.1. The standard InChI is InChI=1S/C18H25FN4O2S2.HI/c1-4-17-23-16(11-26-17)10-22-18(20-5-2)21-9-14-8-15(19)7-6-13(14)12-27(3,24)25;/h6-8,11H,4-5,9-10,12H2,1-3H3,(H2,20,21,22);1H. The molecule has 0 fully saturated rings. The van der Waals surface area contributed by atoms with Gasteiger partial charge in [-0.15, -0.1) is 35.3 Å². The van der Waals surface area contributed by atoms with Crippen molar-refractivity contribution in [2.45, 2.75) is 39.1 Å². The maximum atomic E-state index is 13.6. The minimum atomic E-state index is -3.22. The third kappa shape index (κ3) is 8.39. The Morgan fingerprint density at radius 3 is 2.61 bits per heavy atom. The molecule has 2 aromatic rings. The summed E-state index contributed by atoms with van der Waals surface area (Å²) < 4.78 is 36.8. The molecule has 0 atom stereocenters. The normalized spacial score (nSPS) is 11.8. The van der Waals surface area contributed by atoms with Gasteiger partial charge < -0.3 is 10.6 Å². The molecule has 0 aliphatic carbocycles. The van der Waals surface area contributed by atoms with Gasteiger partial charge in [0.15, 0.2) is 15.8 Å². The number of aliphatic imine (C=N–C) groups is 1. The van der Waals surface area contributed by atoms with E-state index in [1.165, 1.54) is 18.2 Å². The van der Waals surface area contributed by atoms with E-state index in [1.807, 2.05) is 12.3 Å². The van der Waals surface area contributed by atoms with Crippen LogP contribution in [0.4, 0.5) is 4.39 Å². The van der Waals surface area contributed by atoms with Crippen LogP contribution < -0.4 is 10.6 Å². The lowest BCUT2D eigenvalue weighted by molar-refractivity contribution is 0.600. The Bertz CT molecular complexity index is 901. The van der Waals surface area contributed by atoms with Crippen LogP contribution in [0.3, 0.4) is 0 Å². The van der Waals surface area contributed by atoms with Crippen molar-refractivity contribution in [2.24, 2.45) is 4.99 Å². The summed E-state index contributed by atoms with van der Waals surface area (Å²) in [4.78, 5) is 8.97. The van der Waals surface area contributed by atoms with Crippen molar-refractivity contribution in [2.75, 3.05) is 12.8 Å². The number of nitrogens with zero attached hydrogens (tertiary/aromatic N) is 2. The molecular formula is C18H26FIN4O2S2. The highest BCUT2D eigenvalue weighted by Gasteiger charge is 2.11. The van der Waals surface area contributed by atoms with Crippen molar-refractivity contribution < 1.29 is 12.8 Å². The molecule has 0 aliphatic rings. The van der Waals surface area contributed by atoms with Gasteiger partial charge in [-0.3, -0.25) is 0 Å². The van der Waals surface area contributed by atoms with Gasteiger partial charge in [0.2, 0.25) is 0 Å². The average molecular weight is 540 g/mol. The molecule has 28 heavy (non-hydrogen) atoms. The highest BCUT2D eigenvalue weighted by molar-refractivity contribution is 14.0. The van der Waals surface area contributed by atoms with Crippen molar-refractivity contribution in [3.8, 4) is 0 Å². The number of aromatic nitrogens is 1. The number of thiazole rings is 1. The van der Waals surface area contributed by atoms with Gasteiger partial charge in [-0.05, 0) is 36.6 Å². The predicted molar refractivity (Wildman–Crippen MR) is 124 cm³/mol. The highest BCUT2D eigenvalue weighted by Crippen LogP contribution is 2.16. The summed E-state index contributed by atoms with van der Waals surface area (Å²) in [5, 5.41) is 9.42. The summed E-state index contributed by atoms with van der Waals surface area (Å²) >= 11 is 1.62. The lowest BCUT2D eigenvalue weighted by Crippen LogP contribution is -2.36. The molecule has 156 valence electrons. The van der Waals surface area contributed by atoms with E-state index in [2.05, 4.69) is 27.5 Å². The number of halogens is 2. The summed E-state index contributed by atoms with van der Waals surface area (Å²) in [5.41, 5.74) is 2.05. The van der Waals surface area contributed by atoms with Crippen molar-refractivity contribution in [3.63, 3.8) is 0 Å². The third-order valence-corrected chi connectivity index (χ3v) is 5.55. The smallest absolute Gasteiger partial charge is 0.191 e. The van der Waals surface area contributed by atoms with Crippen molar-refractivity contribution in [1.29, 1.82) is 0 Å². The Balaban J connectivity index is 0.00000392. The Morgan fingerprint density at radius 1 is 1.25 bits per heavy atom. The molecule has 0 unspecified atom stereocenters. The Morgan fingerprint density at radius 2 is 2.00 bits per heavy atom. The Kier molecular flexibility index (Phi) is 10.3. The fourth-order valence-corrected chi connectivity index (χ4v) is 4.03. The lowest BCUT2D eigenvalue weighted by Gasteiger charge is -2.12. The van der Waals surface area contributed by atoms with Crippen LogP contribution in [0.1, 0.15) is 35.7 Å². The van der Waals surface area contributed by atoms with Gasteiger partial charge in [0.1, 0.15) is 5.82 Å². The zero-order chi connectivity index (χ0) is 19.9. The van der Waals surface area contributed by atoms with Gasteiger partial charge in [-0.25, -0.2) is 22.8 Å². The van der Waals surface area contributed by atoms with Gasteiger partial charge in [-0.2, -0.15) is 0 Å². The van der Waals surface area contributed by atoms with Crippen molar-refractivity contribution in [3.05, 3.63) is 51.2 Å². The lowest BCUT2D eigenvalue weighted by atomic mass is 10.1.